The van der Waals surface area contributed by atoms with Crippen molar-refractivity contribution in [2.75, 3.05) is 0 Å². The molecule has 0 bridgehead atoms. The van der Waals surface area contributed by atoms with E-state index in [2.05, 4.69) is 60.7 Å². The Balaban J connectivity index is 1.63. The third-order valence-corrected chi connectivity index (χ3v) is 4.92. The maximum atomic E-state index is 4.21. The summed E-state index contributed by atoms with van der Waals surface area (Å²) >= 11 is 0. The summed E-state index contributed by atoms with van der Waals surface area (Å²) in [5.41, 5.74) is 3.01. The molecule has 0 radical (unpaired) electrons. The molecule has 1 aromatic heterocycles. The third-order valence-electron chi connectivity index (χ3n) is 4.92. The van der Waals surface area contributed by atoms with E-state index in [1.54, 1.807) is 0 Å². The van der Waals surface area contributed by atoms with Crippen LogP contribution in [0.5, 0.6) is 0 Å². The molecular formula is C17H23N3. The highest BCUT2D eigenvalue weighted by Crippen LogP contribution is 2.52. The summed E-state index contributed by atoms with van der Waals surface area (Å²) in [5, 5.41) is 7.91. The van der Waals surface area contributed by atoms with Crippen molar-refractivity contribution >= 4 is 0 Å². The van der Waals surface area contributed by atoms with Gasteiger partial charge in [0, 0.05) is 25.8 Å². The zero-order valence-corrected chi connectivity index (χ0v) is 12.5. The standard InChI is InChI=1S/C17H23N3/c1-17(2)15(13-7-5-4-6-8-13)11-16(17)18-12-14-9-10-19-20(14)3/h4-10,15-16,18H,11-12H2,1-3H3/t15-,16-/m1/s1. The molecule has 3 heteroatoms. The molecule has 1 aromatic carbocycles. The summed E-state index contributed by atoms with van der Waals surface area (Å²) in [7, 11) is 2.00. The fourth-order valence-electron chi connectivity index (χ4n) is 3.33. The number of hydrogen-bond donors (Lipinski definition) is 1. The van der Waals surface area contributed by atoms with Crippen LogP contribution in [0.1, 0.15) is 37.4 Å². The van der Waals surface area contributed by atoms with Gasteiger partial charge >= 0.3 is 0 Å². The Morgan fingerprint density at radius 1 is 1.25 bits per heavy atom. The van der Waals surface area contributed by atoms with Gasteiger partial charge in [-0.3, -0.25) is 4.68 Å². The second kappa shape index (κ2) is 5.06. The van der Waals surface area contributed by atoms with Gasteiger partial charge in [-0.25, -0.2) is 0 Å². The Bertz CT molecular complexity index is 571. The lowest BCUT2D eigenvalue weighted by atomic mass is 9.56. The molecule has 2 aromatic rings. The number of aromatic nitrogens is 2. The fourth-order valence-corrected chi connectivity index (χ4v) is 3.33. The SMILES string of the molecule is Cn1nccc1CN[C@@H]1C[C@H](c2ccccc2)C1(C)C. The van der Waals surface area contributed by atoms with E-state index in [0.29, 0.717) is 17.4 Å². The van der Waals surface area contributed by atoms with Gasteiger partial charge in [0.2, 0.25) is 0 Å². The highest BCUT2D eigenvalue weighted by molar-refractivity contribution is 5.27. The van der Waals surface area contributed by atoms with Crippen LogP contribution in [-0.4, -0.2) is 15.8 Å². The molecule has 2 atom stereocenters. The lowest BCUT2D eigenvalue weighted by Crippen LogP contribution is -2.55. The van der Waals surface area contributed by atoms with E-state index < -0.39 is 0 Å². The van der Waals surface area contributed by atoms with Crippen LogP contribution < -0.4 is 5.32 Å². The largest absolute Gasteiger partial charge is 0.308 e. The quantitative estimate of drug-likeness (QED) is 0.924. The van der Waals surface area contributed by atoms with Gasteiger partial charge in [0.25, 0.3) is 0 Å². The molecule has 1 aliphatic rings. The van der Waals surface area contributed by atoms with E-state index in [1.807, 2.05) is 17.9 Å². The summed E-state index contributed by atoms with van der Waals surface area (Å²) in [6, 6.07) is 13.5. The minimum Gasteiger partial charge on any atom is -0.308 e. The molecule has 1 N–H and O–H groups in total. The van der Waals surface area contributed by atoms with Gasteiger partial charge in [-0.1, -0.05) is 44.2 Å². The minimum absolute atomic E-state index is 0.306. The topological polar surface area (TPSA) is 29.9 Å². The fraction of sp³-hybridized carbons (Fsp3) is 0.471. The van der Waals surface area contributed by atoms with Crippen LogP contribution >= 0.6 is 0 Å². The van der Waals surface area contributed by atoms with E-state index in [0.717, 1.165) is 6.54 Å². The van der Waals surface area contributed by atoms with Crippen LogP contribution in [0.4, 0.5) is 0 Å². The molecule has 3 rings (SSSR count). The van der Waals surface area contributed by atoms with Crippen molar-refractivity contribution in [3.63, 3.8) is 0 Å². The number of aryl methyl sites for hydroxylation is 1. The molecule has 0 amide bonds. The first-order valence-corrected chi connectivity index (χ1v) is 7.34. The smallest absolute Gasteiger partial charge is 0.0518 e. The highest BCUT2D eigenvalue weighted by Gasteiger charge is 2.48. The molecule has 0 unspecified atom stereocenters. The maximum Gasteiger partial charge on any atom is 0.0518 e. The first-order valence-electron chi connectivity index (χ1n) is 7.34. The summed E-state index contributed by atoms with van der Waals surface area (Å²) < 4.78 is 1.94. The molecule has 106 valence electrons. The summed E-state index contributed by atoms with van der Waals surface area (Å²) in [5.74, 6) is 0.660. The molecule has 1 saturated carbocycles. The van der Waals surface area contributed by atoms with Gasteiger partial charge in [-0.05, 0) is 29.4 Å². The van der Waals surface area contributed by atoms with Crippen molar-refractivity contribution in [3.05, 3.63) is 53.9 Å². The number of nitrogens with zero attached hydrogens (tertiary/aromatic N) is 2. The second-order valence-corrected chi connectivity index (χ2v) is 6.40. The monoisotopic (exact) mass is 269 g/mol. The average molecular weight is 269 g/mol. The molecule has 0 saturated heterocycles. The first-order chi connectivity index (χ1) is 9.59. The van der Waals surface area contributed by atoms with Crippen molar-refractivity contribution in [1.29, 1.82) is 0 Å². The van der Waals surface area contributed by atoms with Crippen molar-refractivity contribution in [2.45, 2.75) is 38.8 Å². The van der Waals surface area contributed by atoms with Crippen LogP contribution in [-0.2, 0) is 13.6 Å². The number of rotatable bonds is 4. The summed E-state index contributed by atoms with van der Waals surface area (Å²) in [6.07, 6.45) is 3.07. The summed E-state index contributed by atoms with van der Waals surface area (Å²) in [6.45, 7) is 5.64. The van der Waals surface area contributed by atoms with Gasteiger partial charge in [-0.15, -0.1) is 0 Å². The lowest BCUT2D eigenvalue weighted by Gasteiger charge is -2.53. The Kier molecular flexibility index (Phi) is 3.38. The molecule has 1 fully saturated rings. The predicted octanol–water partition coefficient (Wildman–Crippen LogP) is 3.09. The van der Waals surface area contributed by atoms with E-state index in [4.69, 9.17) is 0 Å². The van der Waals surface area contributed by atoms with Crippen LogP contribution in [0, 0.1) is 5.41 Å². The van der Waals surface area contributed by atoms with Gasteiger partial charge in [-0.2, -0.15) is 5.10 Å². The normalized spacial score (nSPS) is 24.4. The molecule has 20 heavy (non-hydrogen) atoms. The highest BCUT2D eigenvalue weighted by atomic mass is 15.3. The maximum absolute atomic E-state index is 4.21. The van der Waals surface area contributed by atoms with E-state index in [9.17, 15) is 0 Å². The van der Waals surface area contributed by atoms with E-state index in [-0.39, 0.29) is 0 Å². The van der Waals surface area contributed by atoms with Gasteiger partial charge in [0.05, 0.1) is 5.69 Å². The minimum atomic E-state index is 0.306. The Labute approximate surface area is 121 Å². The number of hydrogen-bond acceptors (Lipinski definition) is 2. The van der Waals surface area contributed by atoms with Gasteiger partial charge < -0.3 is 5.32 Å². The molecular weight excluding hydrogens is 246 g/mol. The van der Waals surface area contributed by atoms with Crippen molar-refractivity contribution in [3.8, 4) is 0 Å². The van der Waals surface area contributed by atoms with Crippen LogP contribution in [0.15, 0.2) is 42.6 Å². The van der Waals surface area contributed by atoms with E-state index in [1.165, 1.54) is 17.7 Å². The van der Waals surface area contributed by atoms with Crippen LogP contribution in [0.25, 0.3) is 0 Å². The Morgan fingerprint density at radius 3 is 2.60 bits per heavy atom. The van der Waals surface area contributed by atoms with Gasteiger partial charge in [0.1, 0.15) is 0 Å². The van der Waals surface area contributed by atoms with Crippen LogP contribution in [0.2, 0.25) is 0 Å². The lowest BCUT2D eigenvalue weighted by molar-refractivity contribution is 0.0674. The van der Waals surface area contributed by atoms with Crippen LogP contribution in [0.3, 0.4) is 0 Å². The Morgan fingerprint density at radius 2 is 2.00 bits per heavy atom. The number of benzene rings is 1. The van der Waals surface area contributed by atoms with Crippen molar-refractivity contribution in [1.82, 2.24) is 15.1 Å². The molecule has 0 spiro atoms. The van der Waals surface area contributed by atoms with Gasteiger partial charge in [0.15, 0.2) is 0 Å². The first kappa shape index (κ1) is 13.4. The van der Waals surface area contributed by atoms with E-state index >= 15 is 0 Å². The van der Waals surface area contributed by atoms with Crippen molar-refractivity contribution in [2.24, 2.45) is 12.5 Å². The third kappa shape index (κ3) is 2.27. The second-order valence-electron chi connectivity index (χ2n) is 6.40. The molecule has 1 heterocycles. The zero-order chi connectivity index (χ0) is 14.2. The van der Waals surface area contributed by atoms with Crippen molar-refractivity contribution < 1.29 is 0 Å². The predicted molar refractivity (Wildman–Crippen MR) is 81.4 cm³/mol. The zero-order valence-electron chi connectivity index (χ0n) is 12.5. The summed E-state index contributed by atoms with van der Waals surface area (Å²) in [4.78, 5) is 0. The molecule has 0 aliphatic heterocycles. The average Bonchev–Trinajstić information content (AvgIpc) is 2.84. The number of nitrogens with one attached hydrogen (secondary N) is 1. The molecule has 1 aliphatic carbocycles. The molecule has 3 nitrogen and oxygen atoms in total. The Hall–Kier alpha value is -1.61.